The number of unbranched alkanes of at least 4 members (excludes halogenated alkanes) is 1. The SMILES string of the molecule is C[C@@H]1[C@H](C(=O)O)CCCN1S(=O)(=O)CCCCF. The Morgan fingerprint density at radius 3 is 2.67 bits per heavy atom. The Morgan fingerprint density at radius 1 is 1.44 bits per heavy atom. The second-order valence-corrected chi connectivity index (χ2v) is 6.69. The molecule has 1 fully saturated rings. The monoisotopic (exact) mass is 281 g/mol. The normalized spacial score (nSPS) is 26.1. The van der Waals surface area contributed by atoms with Crippen LogP contribution in [0.3, 0.4) is 0 Å². The quantitative estimate of drug-likeness (QED) is 0.744. The number of hydrogen-bond donors (Lipinski definition) is 1. The average Bonchev–Trinajstić information content (AvgIpc) is 2.28. The topological polar surface area (TPSA) is 74.7 Å². The molecule has 18 heavy (non-hydrogen) atoms. The maximum Gasteiger partial charge on any atom is 0.308 e. The minimum absolute atomic E-state index is 0.104. The molecular formula is C11H20FNO4S. The molecule has 0 radical (unpaired) electrons. The van der Waals surface area contributed by atoms with Crippen molar-refractivity contribution in [2.75, 3.05) is 19.0 Å². The number of carbonyl (C=O) groups is 1. The van der Waals surface area contributed by atoms with Crippen LogP contribution in [0.2, 0.25) is 0 Å². The van der Waals surface area contributed by atoms with Gasteiger partial charge in [-0.15, -0.1) is 0 Å². The number of aliphatic carboxylic acids is 1. The van der Waals surface area contributed by atoms with E-state index in [1.165, 1.54) is 4.31 Å². The van der Waals surface area contributed by atoms with Crippen molar-refractivity contribution < 1.29 is 22.7 Å². The highest BCUT2D eigenvalue weighted by Crippen LogP contribution is 2.26. The van der Waals surface area contributed by atoms with Gasteiger partial charge < -0.3 is 5.11 Å². The third-order valence-corrected chi connectivity index (χ3v) is 5.42. The van der Waals surface area contributed by atoms with E-state index < -0.39 is 34.6 Å². The van der Waals surface area contributed by atoms with Gasteiger partial charge in [0.25, 0.3) is 0 Å². The molecule has 106 valence electrons. The smallest absolute Gasteiger partial charge is 0.308 e. The number of piperidine rings is 1. The summed E-state index contributed by atoms with van der Waals surface area (Å²) in [6.07, 6.45) is 1.57. The first-order valence-electron chi connectivity index (χ1n) is 6.18. The van der Waals surface area contributed by atoms with E-state index in [0.29, 0.717) is 19.4 Å². The first-order chi connectivity index (χ1) is 8.40. The summed E-state index contributed by atoms with van der Waals surface area (Å²) in [6, 6.07) is -0.522. The molecule has 1 heterocycles. The van der Waals surface area contributed by atoms with Gasteiger partial charge in [0.05, 0.1) is 18.3 Å². The number of hydrogen-bond acceptors (Lipinski definition) is 3. The summed E-state index contributed by atoms with van der Waals surface area (Å²) in [7, 11) is -3.47. The predicted molar refractivity (Wildman–Crippen MR) is 65.5 cm³/mol. The van der Waals surface area contributed by atoms with Crippen molar-refractivity contribution in [3.8, 4) is 0 Å². The second-order valence-electron chi connectivity index (χ2n) is 4.65. The zero-order valence-corrected chi connectivity index (χ0v) is 11.3. The van der Waals surface area contributed by atoms with Crippen LogP contribution in [0, 0.1) is 5.92 Å². The molecule has 1 aliphatic rings. The molecule has 0 unspecified atom stereocenters. The van der Waals surface area contributed by atoms with Gasteiger partial charge in [0.2, 0.25) is 10.0 Å². The zero-order valence-electron chi connectivity index (χ0n) is 10.5. The molecule has 5 nitrogen and oxygen atoms in total. The molecule has 7 heteroatoms. The van der Waals surface area contributed by atoms with Gasteiger partial charge in [-0.2, -0.15) is 4.31 Å². The maximum absolute atomic E-state index is 12.0. The highest BCUT2D eigenvalue weighted by Gasteiger charge is 2.38. The average molecular weight is 281 g/mol. The third kappa shape index (κ3) is 3.65. The fraction of sp³-hybridized carbons (Fsp3) is 0.909. The number of carboxylic acids is 1. The second kappa shape index (κ2) is 6.47. The van der Waals surface area contributed by atoms with Crippen molar-refractivity contribution in [3.63, 3.8) is 0 Å². The lowest BCUT2D eigenvalue weighted by Gasteiger charge is -2.36. The van der Waals surface area contributed by atoms with Crippen molar-refractivity contribution >= 4 is 16.0 Å². The highest BCUT2D eigenvalue weighted by atomic mass is 32.2. The van der Waals surface area contributed by atoms with Crippen LogP contribution in [0.4, 0.5) is 4.39 Å². The van der Waals surface area contributed by atoms with Crippen molar-refractivity contribution in [1.82, 2.24) is 4.31 Å². The van der Waals surface area contributed by atoms with Gasteiger partial charge in [0.15, 0.2) is 0 Å². The molecule has 1 saturated heterocycles. The van der Waals surface area contributed by atoms with E-state index in [2.05, 4.69) is 0 Å². The van der Waals surface area contributed by atoms with Crippen LogP contribution < -0.4 is 0 Å². The van der Waals surface area contributed by atoms with Gasteiger partial charge in [-0.3, -0.25) is 9.18 Å². The summed E-state index contributed by atoms with van der Waals surface area (Å²) in [6.45, 7) is 1.47. The molecule has 0 bridgehead atoms. The standard InChI is InChI=1S/C11H20FNO4S/c1-9-10(11(14)15)5-4-7-13(9)18(16,17)8-3-2-6-12/h9-10H,2-8H2,1H3,(H,14,15)/t9-,10-/m1/s1. The van der Waals surface area contributed by atoms with Crippen molar-refractivity contribution in [2.24, 2.45) is 5.92 Å². The molecule has 1 N–H and O–H groups in total. The molecule has 0 amide bonds. The van der Waals surface area contributed by atoms with Crippen LogP contribution in [-0.4, -0.2) is 48.8 Å². The maximum atomic E-state index is 12.0. The van der Waals surface area contributed by atoms with E-state index in [4.69, 9.17) is 5.11 Å². The number of halogens is 1. The van der Waals surface area contributed by atoms with Crippen LogP contribution in [0.1, 0.15) is 32.6 Å². The van der Waals surface area contributed by atoms with E-state index in [9.17, 15) is 17.6 Å². The molecule has 0 aromatic heterocycles. The molecule has 2 atom stereocenters. The number of carboxylic acid groups (broad SMARTS) is 1. The largest absolute Gasteiger partial charge is 0.481 e. The Balaban J connectivity index is 2.71. The van der Waals surface area contributed by atoms with Crippen LogP contribution in [0.5, 0.6) is 0 Å². The van der Waals surface area contributed by atoms with E-state index in [1.807, 2.05) is 0 Å². The zero-order chi connectivity index (χ0) is 13.8. The Kier molecular flexibility index (Phi) is 5.52. The predicted octanol–water partition coefficient (Wildman–Crippen LogP) is 1.25. The number of sulfonamides is 1. The van der Waals surface area contributed by atoms with E-state index in [-0.39, 0.29) is 18.6 Å². The first-order valence-corrected chi connectivity index (χ1v) is 7.79. The van der Waals surface area contributed by atoms with Crippen LogP contribution in [-0.2, 0) is 14.8 Å². The molecule has 0 aliphatic carbocycles. The van der Waals surface area contributed by atoms with Crippen molar-refractivity contribution in [3.05, 3.63) is 0 Å². The van der Waals surface area contributed by atoms with Gasteiger partial charge >= 0.3 is 5.97 Å². The van der Waals surface area contributed by atoms with E-state index in [0.717, 1.165) is 0 Å². The lowest BCUT2D eigenvalue weighted by atomic mass is 9.92. The summed E-state index contributed by atoms with van der Waals surface area (Å²) < 4.78 is 37.3. The van der Waals surface area contributed by atoms with Crippen LogP contribution >= 0.6 is 0 Å². The van der Waals surface area contributed by atoms with E-state index >= 15 is 0 Å². The summed E-state index contributed by atoms with van der Waals surface area (Å²) >= 11 is 0. The summed E-state index contributed by atoms with van der Waals surface area (Å²) in [5, 5.41) is 9.04. The Labute approximate surface area is 107 Å². The molecular weight excluding hydrogens is 261 g/mol. The van der Waals surface area contributed by atoms with Gasteiger partial charge in [0.1, 0.15) is 0 Å². The van der Waals surface area contributed by atoms with Crippen molar-refractivity contribution in [1.29, 1.82) is 0 Å². The fourth-order valence-corrected chi connectivity index (χ4v) is 4.20. The van der Waals surface area contributed by atoms with Crippen LogP contribution in [0.25, 0.3) is 0 Å². The Morgan fingerprint density at radius 2 is 2.11 bits per heavy atom. The fourth-order valence-electron chi connectivity index (χ4n) is 2.33. The summed E-state index contributed by atoms with van der Waals surface area (Å²) in [5.74, 6) is -1.70. The Bertz CT molecular complexity index is 385. The molecule has 0 aromatic rings. The highest BCUT2D eigenvalue weighted by molar-refractivity contribution is 7.89. The summed E-state index contributed by atoms with van der Waals surface area (Å²) in [5.41, 5.74) is 0. The summed E-state index contributed by atoms with van der Waals surface area (Å²) in [4.78, 5) is 11.0. The minimum Gasteiger partial charge on any atom is -0.481 e. The minimum atomic E-state index is -3.47. The third-order valence-electron chi connectivity index (χ3n) is 3.39. The first kappa shape index (κ1) is 15.4. The molecule has 0 spiro atoms. The van der Waals surface area contributed by atoms with Gasteiger partial charge in [0, 0.05) is 12.6 Å². The Hall–Kier alpha value is -0.690. The number of rotatable bonds is 6. The number of nitrogens with zero attached hydrogens (tertiary/aromatic N) is 1. The lowest BCUT2D eigenvalue weighted by molar-refractivity contribution is -0.144. The van der Waals surface area contributed by atoms with Gasteiger partial charge in [-0.05, 0) is 32.6 Å². The molecule has 1 rings (SSSR count). The number of alkyl halides is 1. The van der Waals surface area contributed by atoms with Gasteiger partial charge in [-0.25, -0.2) is 8.42 Å². The van der Waals surface area contributed by atoms with Gasteiger partial charge in [-0.1, -0.05) is 0 Å². The molecule has 0 saturated carbocycles. The molecule has 1 aliphatic heterocycles. The van der Waals surface area contributed by atoms with E-state index in [1.54, 1.807) is 6.92 Å². The van der Waals surface area contributed by atoms with Crippen molar-refractivity contribution in [2.45, 2.75) is 38.6 Å². The molecule has 0 aromatic carbocycles. The lowest BCUT2D eigenvalue weighted by Crippen LogP contribution is -2.49. The van der Waals surface area contributed by atoms with Crippen LogP contribution in [0.15, 0.2) is 0 Å².